The van der Waals surface area contributed by atoms with Gasteiger partial charge in [0, 0.05) is 12.2 Å². The lowest BCUT2D eigenvalue weighted by Crippen LogP contribution is -2.33. The van der Waals surface area contributed by atoms with Crippen LogP contribution in [-0.4, -0.2) is 34.6 Å². The Morgan fingerprint density at radius 2 is 1.79 bits per heavy atom. The SMILES string of the molecule is O=C(Cn1c(C(F)(F)F)nc2ccccc21)OCC(=O)N1CCc2ccccc21. The van der Waals surface area contributed by atoms with Gasteiger partial charge in [-0.05, 0) is 30.2 Å². The number of para-hydroxylation sites is 3. The van der Waals surface area contributed by atoms with Crippen LogP contribution in [0.4, 0.5) is 18.9 Å². The highest BCUT2D eigenvalue weighted by molar-refractivity contribution is 5.97. The van der Waals surface area contributed by atoms with Crippen molar-refractivity contribution in [2.24, 2.45) is 0 Å². The van der Waals surface area contributed by atoms with Gasteiger partial charge in [0.25, 0.3) is 5.91 Å². The van der Waals surface area contributed by atoms with Gasteiger partial charge in [-0.3, -0.25) is 9.59 Å². The van der Waals surface area contributed by atoms with Gasteiger partial charge in [-0.2, -0.15) is 13.2 Å². The van der Waals surface area contributed by atoms with Crippen LogP contribution >= 0.6 is 0 Å². The Morgan fingerprint density at radius 1 is 1.07 bits per heavy atom. The van der Waals surface area contributed by atoms with Gasteiger partial charge in [-0.15, -0.1) is 0 Å². The lowest BCUT2D eigenvalue weighted by molar-refractivity contribution is -0.152. The summed E-state index contributed by atoms with van der Waals surface area (Å²) in [5.74, 6) is -2.55. The molecule has 6 nitrogen and oxygen atoms in total. The molecule has 0 aliphatic carbocycles. The molecule has 0 N–H and O–H groups in total. The van der Waals surface area contributed by atoms with Gasteiger partial charge in [-0.1, -0.05) is 30.3 Å². The number of carbonyl (C=O) groups excluding carboxylic acids is 2. The molecule has 2 aromatic carbocycles. The van der Waals surface area contributed by atoms with Gasteiger partial charge >= 0.3 is 12.1 Å². The minimum Gasteiger partial charge on any atom is -0.454 e. The van der Waals surface area contributed by atoms with E-state index in [1.807, 2.05) is 12.1 Å². The summed E-state index contributed by atoms with van der Waals surface area (Å²) in [5.41, 5.74) is 2.06. The molecule has 0 atom stereocenters. The van der Waals surface area contributed by atoms with Crippen LogP contribution in [0.15, 0.2) is 48.5 Å². The molecule has 0 saturated carbocycles. The summed E-state index contributed by atoms with van der Waals surface area (Å²) >= 11 is 0. The number of hydrogen-bond acceptors (Lipinski definition) is 4. The van der Waals surface area contributed by atoms with E-state index in [-0.39, 0.29) is 11.0 Å². The number of carbonyl (C=O) groups is 2. The Kier molecular flexibility index (Phi) is 4.73. The summed E-state index contributed by atoms with van der Waals surface area (Å²) in [7, 11) is 0. The molecule has 4 rings (SSSR count). The third-order valence-corrected chi connectivity index (χ3v) is 4.74. The third kappa shape index (κ3) is 3.67. The summed E-state index contributed by atoms with van der Waals surface area (Å²) < 4.78 is 45.6. The first-order chi connectivity index (χ1) is 13.8. The second-order valence-electron chi connectivity index (χ2n) is 6.59. The summed E-state index contributed by atoms with van der Waals surface area (Å²) in [6.45, 7) is -0.763. The van der Waals surface area contributed by atoms with Crippen LogP contribution in [0.2, 0.25) is 0 Å². The highest BCUT2D eigenvalue weighted by Crippen LogP contribution is 2.31. The van der Waals surface area contributed by atoms with E-state index in [0.29, 0.717) is 13.0 Å². The first-order valence-electron chi connectivity index (χ1n) is 8.91. The summed E-state index contributed by atoms with van der Waals surface area (Å²) in [6.07, 6.45) is -4.03. The number of aromatic nitrogens is 2. The van der Waals surface area contributed by atoms with E-state index in [1.54, 1.807) is 24.3 Å². The molecule has 150 valence electrons. The fraction of sp³-hybridized carbons (Fsp3) is 0.250. The van der Waals surface area contributed by atoms with E-state index in [9.17, 15) is 22.8 Å². The highest BCUT2D eigenvalue weighted by Gasteiger charge is 2.38. The van der Waals surface area contributed by atoms with E-state index in [4.69, 9.17) is 4.74 Å². The zero-order valence-electron chi connectivity index (χ0n) is 15.1. The molecular weight excluding hydrogens is 387 g/mol. The zero-order chi connectivity index (χ0) is 20.6. The third-order valence-electron chi connectivity index (χ3n) is 4.74. The summed E-state index contributed by atoms with van der Waals surface area (Å²) in [4.78, 5) is 29.7. The van der Waals surface area contributed by atoms with Gasteiger partial charge in [0.15, 0.2) is 6.61 Å². The molecular formula is C20H16F3N3O3. The first-order valence-corrected chi connectivity index (χ1v) is 8.91. The van der Waals surface area contributed by atoms with Gasteiger partial charge in [-0.25, -0.2) is 4.98 Å². The summed E-state index contributed by atoms with van der Waals surface area (Å²) in [5, 5.41) is 0. The minimum absolute atomic E-state index is 0.123. The average Bonchev–Trinajstić information content (AvgIpc) is 3.28. The lowest BCUT2D eigenvalue weighted by Gasteiger charge is -2.17. The number of anilines is 1. The largest absolute Gasteiger partial charge is 0.454 e. The van der Waals surface area contributed by atoms with Gasteiger partial charge in [0.05, 0.1) is 11.0 Å². The molecule has 1 amide bonds. The van der Waals surface area contributed by atoms with Crippen LogP contribution < -0.4 is 4.90 Å². The van der Waals surface area contributed by atoms with Crippen molar-refractivity contribution in [1.82, 2.24) is 9.55 Å². The minimum atomic E-state index is -4.73. The number of nitrogens with zero attached hydrogens (tertiary/aromatic N) is 3. The topological polar surface area (TPSA) is 64.4 Å². The Labute approximate surface area is 163 Å². The lowest BCUT2D eigenvalue weighted by atomic mass is 10.2. The molecule has 0 bridgehead atoms. The number of fused-ring (bicyclic) bond motifs is 2. The number of esters is 1. The average molecular weight is 403 g/mol. The normalized spacial score (nSPS) is 13.6. The van der Waals surface area contributed by atoms with E-state index in [1.165, 1.54) is 17.0 Å². The molecule has 0 unspecified atom stereocenters. The van der Waals surface area contributed by atoms with Crippen molar-refractivity contribution >= 4 is 28.6 Å². The fourth-order valence-corrected chi connectivity index (χ4v) is 3.44. The molecule has 9 heteroatoms. The fourth-order valence-electron chi connectivity index (χ4n) is 3.44. The maximum atomic E-state index is 13.3. The van der Waals surface area contributed by atoms with E-state index < -0.39 is 37.0 Å². The van der Waals surface area contributed by atoms with Crippen molar-refractivity contribution in [1.29, 1.82) is 0 Å². The molecule has 1 aliphatic heterocycles. The molecule has 1 aliphatic rings. The number of benzene rings is 2. The Hall–Kier alpha value is -3.36. The number of alkyl halides is 3. The second-order valence-corrected chi connectivity index (χ2v) is 6.59. The zero-order valence-corrected chi connectivity index (χ0v) is 15.1. The van der Waals surface area contributed by atoms with Crippen molar-refractivity contribution in [3.63, 3.8) is 0 Å². The van der Waals surface area contributed by atoms with Gasteiger partial charge in [0.2, 0.25) is 5.82 Å². The molecule has 0 radical (unpaired) electrons. The van der Waals surface area contributed by atoms with Crippen LogP contribution in [0.5, 0.6) is 0 Å². The maximum absolute atomic E-state index is 13.3. The van der Waals surface area contributed by atoms with Crippen LogP contribution in [-0.2, 0) is 33.5 Å². The van der Waals surface area contributed by atoms with Crippen molar-refractivity contribution in [3.8, 4) is 0 Å². The predicted octanol–water partition coefficient (Wildman–Crippen LogP) is 3.19. The predicted molar refractivity (Wildman–Crippen MR) is 98.2 cm³/mol. The molecule has 0 saturated heterocycles. The molecule has 1 aromatic heterocycles. The quantitative estimate of drug-likeness (QED) is 0.628. The Morgan fingerprint density at radius 3 is 2.59 bits per heavy atom. The second kappa shape index (κ2) is 7.23. The van der Waals surface area contributed by atoms with Crippen molar-refractivity contribution in [2.45, 2.75) is 19.1 Å². The van der Waals surface area contributed by atoms with Crippen LogP contribution in [0.25, 0.3) is 11.0 Å². The number of rotatable bonds is 4. The molecule has 0 spiro atoms. The van der Waals surface area contributed by atoms with E-state index in [2.05, 4.69) is 4.98 Å². The van der Waals surface area contributed by atoms with Crippen LogP contribution in [0.3, 0.4) is 0 Å². The van der Waals surface area contributed by atoms with Crippen molar-refractivity contribution in [3.05, 3.63) is 59.9 Å². The number of imidazole rings is 1. The smallest absolute Gasteiger partial charge is 0.449 e. The van der Waals surface area contributed by atoms with E-state index in [0.717, 1.165) is 15.8 Å². The van der Waals surface area contributed by atoms with Crippen LogP contribution in [0.1, 0.15) is 11.4 Å². The van der Waals surface area contributed by atoms with Crippen molar-refractivity contribution < 1.29 is 27.5 Å². The summed E-state index contributed by atoms with van der Waals surface area (Å²) in [6, 6.07) is 13.4. The molecule has 2 heterocycles. The first kappa shape index (κ1) is 19.0. The molecule has 3 aromatic rings. The number of hydrogen-bond donors (Lipinski definition) is 0. The van der Waals surface area contributed by atoms with Gasteiger partial charge in [0.1, 0.15) is 6.54 Å². The molecule has 0 fully saturated rings. The van der Waals surface area contributed by atoms with Crippen LogP contribution in [0, 0.1) is 0 Å². The van der Waals surface area contributed by atoms with E-state index >= 15 is 0 Å². The van der Waals surface area contributed by atoms with Crippen molar-refractivity contribution in [2.75, 3.05) is 18.1 Å². The Bertz CT molecular complexity index is 1090. The number of ether oxygens (including phenoxy) is 1. The number of halogens is 3. The monoisotopic (exact) mass is 403 g/mol. The van der Waals surface area contributed by atoms with Gasteiger partial charge < -0.3 is 14.2 Å². The molecule has 29 heavy (non-hydrogen) atoms. The number of amides is 1. The maximum Gasteiger partial charge on any atom is 0.449 e. The Balaban J connectivity index is 1.46. The standard InChI is InChI=1S/C20H16F3N3O3/c21-20(22,23)19-24-14-6-2-4-8-16(14)26(19)11-18(28)29-12-17(27)25-10-9-13-5-1-3-7-15(13)25/h1-8H,9-12H2. The highest BCUT2D eigenvalue weighted by atomic mass is 19.4.